The van der Waals surface area contributed by atoms with E-state index in [-0.39, 0.29) is 18.1 Å². The summed E-state index contributed by atoms with van der Waals surface area (Å²) in [6, 6.07) is 11.0. The number of aromatic nitrogens is 2. The Bertz CT molecular complexity index is 1150. The summed E-state index contributed by atoms with van der Waals surface area (Å²) in [4.78, 5) is 17.2. The van der Waals surface area contributed by atoms with Gasteiger partial charge >= 0.3 is 0 Å². The lowest BCUT2D eigenvalue weighted by atomic mass is 10.0. The number of hydrogen-bond donors (Lipinski definition) is 1. The topological polar surface area (TPSA) is 69.3 Å². The summed E-state index contributed by atoms with van der Waals surface area (Å²) in [6.45, 7) is 0. The number of hydrogen-bond acceptors (Lipinski definition) is 4. The predicted molar refractivity (Wildman–Crippen MR) is 106 cm³/mol. The smallest absolute Gasteiger partial charge is 0.225 e. The summed E-state index contributed by atoms with van der Waals surface area (Å²) in [5.41, 5.74) is 2.18. The van der Waals surface area contributed by atoms with E-state index in [0.717, 1.165) is 16.5 Å². The summed E-state index contributed by atoms with van der Waals surface area (Å²) >= 11 is 0. The highest BCUT2D eigenvalue weighted by molar-refractivity contribution is 5.88. The van der Waals surface area contributed by atoms with Crippen LogP contribution in [-0.2, 0) is 18.3 Å². The second kappa shape index (κ2) is 7.79. The highest BCUT2D eigenvalue weighted by atomic mass is 19.1. The van der Waals surface area contributed by atoms with E-state index in [9.17, 15) is 9.18 Å². The second-order valence-electron chi connectivity index (χ2n) is 6.75. The van der Waals surface area contributed by atoms with E-state index in [1.807, 2.05) is 23.7 Å². The Hall–Kier alpha value is -3.61. The van der Waals surface area contributed by atoms with Crippen molar-refractivity contribution in [2.45, 2.75) is 12.5 Å². The molecule has 7 heteroatoms. The third kappa shape index (κ3) is 3.85. The van der Waals surface area contributed by atoms with Crippen molar-refractivity contribution in [3.8, 4) is 5.75 Å². The minimum absolute atomic E-state index is 0.140. The first-order valence-corrected chi connectivity index (χ1v) is 9.11. The number of methoxy groups -OCH3 is 1. The third-order valence-electron chi connectivity index (χ3n) is 4.84. The molecule has 2 heterocycles. The van der Waals surface area contributed by atoms with Crippen LogP contribution in [0.2, 0.25) is 0 Å². The van der Waals surface area contributed by atoms with E-state index in [4.69, 9.17) is 9.15 Å². The minimum atomic E-state index is -0.499. The van der Waals surface area contributed by atoms with Gasteiger partial charge in [0.05, 0.1) is 19.8 Å². The summed E-state index contributed by atoms with van der Waals surface area (Å²) in [5, 5.41) is 3.87. The van der Waals surface area contributed by atoms with Crippen LogP contribution in [0.1, 0.15) is 23.0 Å². The third-order valence-corrected chi connectivity index (χ3v) is 4.84. The van der Waals surface area contributed by atoms with Gasteiger partial charge in [0.1, 0.15) is 29.0 Å². The van der Waals surface area contributed by atoms with Crippen molar-refractivity contribution in [1.29, 1.82) is 0 Å². The van der Waals surface area contributed by atoms with Crippen LogP contribution in [0.25, 0.3) is 11.0 Å². The maximum atomic E-state index is 13.4. The summed E-state index contributed by atoms with van der Waals surface area (Å²) < 4.78 is 26.0. The molecular formula is C22H20FN3O3. The Morgan fingerprint density at radius 1 is 1.28 bits per heavy atom. The van der Waals surface area contributed by atoms with Gasteiger partial charge in [-0.15, -0.1) is 0 Å². The molecule has 0 radical (unpaired) electrons. The molecule has 1 atom stereocenters. The number of furan rings is 1. The average Bonchev–Trinajstić information content (AvgIpc) is 3.32. The SMILES string of the molecule is COc1ccc2c(CC(=O)NC(c3ccc(F)cc3)c3nccn3C)coc2c1. The molecule has 0 aliphatic rings. The Balaban J connectivity index is 1.58. The first-order chi connectivity index (χ1) is 14.0. The number of carbonyl (C=O) groups is 1. The number of benzene rings is 2. The van der Waals surface area contributed by atoms with Crippen LogP contribution >= 0.6 is 0 Å². The average molecular weight is 393 g/mol. The number of carbonyl (C=O) groups excluding carboxylic acids is 1. The Morgan fingerprint density at radius 3 is 2.76 bits per heavy atom. The van der Waals surface area contributed by atoms with Crippen molar-refractivity contribution in [1.82, 2.24) is 14.9 Å². The minimum Gasteiger partial charge on any atom is -0.497 e. The molecule has 29 heavy (non-hydrogen) atoms. The van der Waals surface area contributed by atoms with Crippen molar-refractivity contribution < 1.29 is 18.3 Å². The maximum absolute atomic E-state index is 13.4. The van der Waals surface area contributed by atoms with E-state index < -0.39 is 6.04 Å². The van der Waals surface area contributed by atoms with Crippen LogP contribution in [0.3, 0.4) is 0 Å². The normalized spacial score (nSPS) is 12.1. The van der Waals surface area contributed by atoms with Crippen molar-refractivity contribution in [3.63, 3.8) is 0 Å². The Kier molecular flexibility index (Phi) is 5.03. The first kappa shape index (κ1) is 18.7. The van der Waals surface area contributed by atoms with Gasteiger partial charge in [0.2, 0.25) is 5.91 Å². The number of rotatable bonds is 6. The molecule has 1 amide bonds. The summed E-state index contributed by atoms with van der Waals surface area (Å²) in [6.07, 6.45) is 5.18. The number of nitrogens with zero attached hydrogens (tertiary/aromatic N) is 2. The van der Waals surface area contributed by atoms with Crippen molar-refractivity contribution in [2.24, 2.45) is 7.05 Å². The number of halogens is 1. The van der Waals surface area contributed by atoms with E-state index in [1.165, 1.54) is 12.1 Å². The van der Waals surface area contributed by atoms with Gasteiger partial charge in [-0.1, -0.05) is 12.1 Å². The van der Waals surface area contributed by atoms with E-state index in [1.54, 1.807) is 44.0 Å². The van der Waals surface area contributed by atoms with Crippen molar-refractivity contribution >= 4 is 16.9 Å². The molecule has 0 spiro atoms. The zero-order valence-electron chi connectivity index (χ0n) is 16.1. The van der Waals surface area contributed by atoms with Gasteiger partial charge in [0.15, 0.2) is 0 Å². The van der Waals surface area contributed by atoms with Crippen molar-refractivity contribution in [2.75, 3.05) is 7.11 Å². The van der Waals surface area contributed by atoms with Gasteiger partial charge in [-0.3, -0.25) is 4.79 Å². The van der Waals surface area contributed by atoms with Gasteiger partial charge < -0.3 is 19.0 Å². The molecular weight excluding hydrogens is 373 g/mol. The first-order valence-electron chi connectivity index (χ1n) is 9.11. The molecule has 0 aliphatic heterocycles. The van der Waals surface area contributed by atoms with Gasteiger partial charge in [-0.25, -0.2) is 9.37 Å². The van der Waals surface area contributed by atoms with Gasteiger partial charge in [-0.2, -0.15) is 0 Å². The molecule has 4 aromatic rings. The molecule has 148 valence electrons. The van der Waals surface area contributed by atoms with Crippen LogP contribution < -0.4 is 10.1 Å². The molecule has 1 unspecified atom stereocenters. The van der Waals surface area contributed by atoms with Gasteiger partial charge in [-0.05, 0) is 29.8 Å². The number of amides is 1. The fraction of sp³-hybridized carbons (Fsp3) is 0.182. The van der Waals surface area contributed by atoms with Gasteiger partial charge in [0, 0.05) is 36.5 Å². The van der Waals surface area contributed by atoms with Crippen LogP contribution in [0.5, 0.6) is 5.75 Å². The number of imidazole rings is 1. The number of nitrogens with one attached hydrogen (secondary N) is 1. The standard InChI is InChI=1S/C22H20FN3O3/c1-26-10-9-24-22(26)21(14-3-5-16(23)6-4-14)25-20(27)11-15-13-29-19-12-17(28-2)7-8-18(15)19/h3-10,12-13,21H,11H2,1-2H3,(H,25,27). The molecule has 0 bridgehead atoms. The lowest BCUT2D eigenvalue weighted by Gasteiger charge is -2.19. The highest BCUT2D eigenvalue weighted by Gasteiger charge is 2.22. The van der Waals surface area contributed by atoms with E-state index >= 15 is 0 Å². The summed E-state index contributed by atoms with van der Waals surface area (Å²) in [7, 11) is 3.44. The van der Waals surface area contributed by atoms with Crippen LogP contribution in [-0.4, -0.2) is 22.6 Å². The predicted octanol–water partition coefficient (Wildman–Crippen LogP) is 3.76. The Morgan fingerprint density at radius 2 is 2.07 bits per heavy atom. The molecule has 0 aliphatic carbocycles. The van der Waals surface area contributed by atoms with Crippen LogP contribution in [0.4, 0.5) is 4.39 Å². The lowest BCUT2D eigenvalue weighted by molar-refractivity contribution is -0.121. The molecule has 2 aromatic carbocycles. The second-order valence-corrected chi connectivity index (χ2v) is 6.75. The number of fused-ring (bicyclic) bond motifs is 1. The molecule has 4 rings (SSSR count). The van der Waals surface area contributed by atoms with E-state index in [2.05, 4.69) is 10.3 Å². The van der Waals surface area contributed by atoms with E-state index in [0.29, 0.717) is 17.2 Å². The fourth-order valence-corrected chi connectivity index (χ4v) is 3.32. The van der Waals surface area contributed by atoms with Crippen molar-refractivity contribution in [3.05, 3.63) is 83.9 Å². The molecule has 2 aromatic heterocycles. The largest absolute Gasteiger partial charge is 0.497 e. The van der Waals surface area contributed by atoms with Crippen LogP contribution in [0.15, 0.2) is 65.5 Å². The lowest BCUT2D eigenvalue weighted by Crippen LogP contribution is -2.32. The zero-order valence-corrected chi connectivity index (χ0v) is 16.1. The molecule has 0 saturated carbocycles. The van der Waals surface area contributed by atoms with Crippen LogP contribution in [0, 0.1) is 5.82 Å². The molecule has 0 saturated heterocycles. The van der Waals surface area contributed by atoms with Gasteiger partial charge in [0.25, 0.3) is 0 Å². The maximum Gasteiger partial charge on any atom is 0.225 e. The quantitative estimate of drug-likeness (QED) is 0.542. The number of aryl methyl sites for hydroxylation is 1. The molecule has 0 fully saturated rings. The zero-order chi connectivity index (χ0) is 20.4. The molecule has 1 N–H and O–H groups in total. The molecule has 6 nitrogen and oxygen atoms in total. The fourth-order valence-electron chi connectivity index (χ4n) is 3.32. The summed E-state index contributed by atoms with van der Waals surface area (Å²) in [5.74, 6) is 0.820. The monoisotopic (exact) mass is 393 g/mol. The Labute approximate surface area is 166 Å². The number of ether oxygens (including phenoxy) is 1. The highest BCUT2D eigenvalue weighted by Crippen LogP contribution is 2.26.